The van der Waals surface area contributed by atoms with E-state index in [1.54, 1.807) is 0 Å². The Balaban J connectivity index is 3.02. The second kappa shape index (κ2) is 3.68. The van der Waals surface area contributed by atoms with Gasteiger partial charge in [-0.3, -0.25) is 14.5 Å². The molecule has 0 aromatic heterocycles. The maximum Gasteiger partial charge on any atom is 0.334 e. The standard InChI is InChI=1S/C8H10N2O5/c1-4(11)9-3-6(7(13)14)10(5(2)12)8(9)15/h6H,3H2,1-2H3,(H,13,14). The molecule has 0 spiro atoms. The molecule has 7 heteroatoms. The van der Waals surface area contributed by atoms with Crippen molar-refractivity contribution in [2.24, 2.45) is 0 Å². The molecule has 1 N–H and O–H groups in total. The molecule has 15 heavy (non-hydrogen) atoms. The lowest BCUT2D eigenvalue weighted by Gasteiger charge is -2.15. The third-order valence-corrected chi connectivity index (χ3v) is 2.11. The zero-order valence-electron chi connectivity index (χ0n) is 8.26. The third-order valence-electron chi connectivity index (χ3n) is 2.11. The van der Waals surface area contributed by atoms with Gasteiger partial charge in [-0.25, -0.2) is 14.5 Å². The lowest BCUT2D eigenvalue weighted by molar-refractivity contribution is -0.145. The third kappa shape index (κ3) is 1.80. The minimum absolute atomic E-state index is 0.289. The molecule has 1 saturated heterocycles. The van der Waals surface area contributed by atoms with E-state index < -0.39 is 29.9 Å². The summed E-state index contributed by atoms with van der Waals surface area (Å²) in [7, 11) is 0. The van der Waals surface area contributed by atoms with Crippen molar-refractivity contribution in [2.45, 2.75) is 19.9 Å². The molecule has 1 fully saturated rings. The number of rotatable bonds is 1. The summed E-state index contributed by atoms with van der Waals surface area (Å²) in [6.45, 7) is 1.93. The molecule has 1 atom stereocenters. The minimum atomic E-state index is -1.30. The first kappa shape index (κ1) is 11.2. The Morgan fingerprint density at radius 2 is 1.80 bits per heavy atom. The van der Waals surface area contributed by atoms with Crippen molar-refractivity contribution in [2.75, 3.05) is 6.54 Å². The summed E-state index contributed by atoms with van der Waals surface area (Å²) in [5.74, 6) is -2.56. The number of aliphatic carboxylic acids is 1. The summed E-state index contributed by atoms with van der Waals surface area (Å²) in [4.78, 5) is 45.5. The smallest absolute Gasteiger partial charge is 0.334 e. The molecular formula is C8H10N2O5. The Hall–Kier alpha value is -1.92. The highest BCUT2D eigenvalue weighted by atomic mass is 16.4. The van der Waals surface area contributed by atoms with E-state index in [1.165, 1.54) is 0 Å². The van der Waals surface area contributed by atoms with Crippen LogP contribution >= 0.6 is 0 Å². The molecule has 0 aliphatic carbocycles. The van der Waals surface area contributed by atoms with Crippen LogP contribution in [-0.4, -0.2) is 51.3 Å². The molecule has 1 aliphatic rings. The highest BCUT2D eigenvalue weighted by molar-refractivity contribution is 6.06. The van der Waals surface area contributed by atoms with E-state index in [0.717, 1.165) is 18.7 Å². The maximum absolute atomic E-state index is 11.5. The van der Waals surface area contributed by atoms with Crippen molar-refractivity contribution in [3.8, 4) is 0 Å². The number of imide groups is 2. The first-order chi connectivity index (χ1) is 6.86. The first-order valence-corrected chi connectivity index (χ1v) is 4.21. The topological polar surface area (TPSA) is 95.0 Å². The van der Waals surface area contributed by atoms with Gasteiger partial charge in [-0.15, -0.1) is 0 Å². The molecule has 1 heterocycles. The quantitative estimate of drug-likeness (QED) is 0.620. The first-order valence-electron chi connectivity index (χ1n) is 4.21. The van der Waals surface area contributed by atoms with Crippen molar-refractivity contribution in [1.29, 1.82) is 0 Å². The number of carboxylic acid groups (broad SMARTS) is 1. The fourth-order valence-corrected chi connectivity index (χ4v) is 1.40. The van der Waals surface area contributed by atoms with E-state index in [4.69, 9.17) is 5.11 Å². The Morgan fingerprint density at radius 3 is 2.07 bits per heavy atom. The van der Waals surface area contributed by atoms with Gasteiger partial charge in [0.25, 0.3) is 0 Å². The molecule has 7 nitrogen and oxygen atoms in total. The summed E-state index contributed by atoms with van der Waals surface area (Å²) >= 11 is 0. The van der Waals surface area contributed by atoms with E-state index in [0.29, 0.717) is 4.90 Å². The summed E-state index contributed by atoms with van der Waals surface area (Å²) < 4.78 is 0. The molecule has 82 valence electrons. The average molecular weight is 214 g/mol. The second-order valence-corrected chi connectivity index (χ2v) is 3.16. The normalized spacial score (nSPS) is 20.7. The van der Waals surface area contributed by atoms with Crippen LogP contribution in [0.5, 0.6) is 0 Å². The second-order valence-electron chi connectivity index (χ2n) is 3.16. The van der Waals surface area contributed by atoms with Crippen LogP contribution in [0, 0.1) is 0 Å². The van der Waals surface area contributed by atoms with Crippen LogP contribution in [0.4, 0.5) is 4.79 Å². The van der Waals surface area contributed by atoms with Crippen LogP contribution in [0.3, 0.4) is 0 Å². The molecule has 0 radical (unpaired) electrons. The summed E-state index contributed by atoms with van der Waals surface area (Å²) in [5.41, 5.74) is 0. The molecule has 1 aliphatic heterocycles. The SMILES string of the molecule is CC(=O)N1CC(C(=O)O)N(C(C)=O)C1=O. The monoisotopic (exact) mass is 214 g/mol. The Labute approximate surface area is 85.2 Å². The minimum Gasteiger partial charge on any atom is -0.480 e. The van der Waals surface area contributed by atoms with Gasteiger partial charge in [0.15, 0.2) is 6.04 Å². The van der Waals surface area contributed by atoms with Gasteiger partial charge >= 0.3 is 12.0 Å². The van der Waals surface area contributed by atoms with Crippen LogP contribution < -0.4 is 0 Å². The summed E-state index contributed by atoms with van der Waals surface area (Å²) in [6.07, 6.45) is 0. The van der Waals surface area contributed by atoms with Crippen molar-refractivity contribution in [3.63, 3.8) is 0 Å². The predicted molar refractivity (Wildman–Crippen MR) is 46.7 cm³/mol. The molecule has 1 rings (SSSR count). The molecule has 0 bridgehead atoms. The van der Waals surface area contributed by atoms with Gasteiger partial charge in [-0.2, -0.15) is 0 Å². The van der Waals surface area contributed by atoms with Gasteiger partial charge in [0, 0.05) is 13.8 Å². The number of nitrogens with zero attached hydrogens (tertiary/aromatic N) is 2. The van der Waals surface area contributed by atoms with Gasteiger partial charge in [0.1, 0.15) is 0 Å². The van der Waals surface area contributed by atoms with Gasteiger partial charge in [0.2, 0.25) is 11.8 Å². The lowest BCUT2D eigenvalue weighted by atomic mass is 10.3. The number of hydrogen-bond donors (Lipinski definition) is 1. The Morgan fingerprint density at radius 1 is 1.27 bits per heavy atom. The van der Waals surface area contributed by atoms with Crippen molar-refractivity contribution < 1.29 is 24.3 Å². The van der Waals surface area contributed by atoms with Crippen molar-refractivity contribution in [1.82, 2.24) is 9.80 Å². The number of amides is 4. The van der Waals surface area contributed by atoms with E-state index in [9.17, 15) is 19.2 Å². The van der Waals surface area contributed by atoms with Crippen molar-refractivity contribution >= 4 is 23.8 Å². The molecule has 0 saturated carbocycles. The Bertz CT molecular complexity index is 351. The molecule has 0 aromatic carbocycles. The lowest BCUT2D eigenvalue weighted by Crippen LogP contribution is -2.42. The van der Waals surface area contributed by atoms with E-state index in [2.05, 4.69) is 0 Å². The van der Waals surface area contributed by atoms with Crippen molar-refractivity contribution in [3.05, 3.63) is 0 Å². The average Bonchev–Trinajstić information content (AvgIpc) is 2.42. The van der Waals surface area contributed by atoms with Gasteiger partial charge in [-0.1, -0.05) is 0 Å². The predicted octanol–water partition coefficient (Wildman–Crippen LogP) is -0.730. The van der Waals surface area contributed by atoms with Crippen LogP contribution in [0.15, 0.2) is 0 Å². The van der Waals surface area contributed by atoms with Crippen LogP contribution in [0.2, 0.25) is 0 Å². The van der Waals surface area contributed by atoms with Gasteiger partial charge in [0.05, 0.1) is 6.54 Å². The highest BCUT2D eigenvalue weighted by Crippen LogP contribution is 2.16. The van der Waals surface area contributed by atoms with E-state index in [-0.39, 0.29) is 6.54 Å². The van der Waals surface area contributed by atoms with Crippen LogP contribution in [-0.2, 0) is 14.4 Å². The highest BCUT2D eigenvalue weighted by Gasteiger charge is 2.45. The van der Waals surface area contributed by atoms with E-state index >= 15 is 0 Å². The van der Waals surface area contributed by atoms with Gasteiger partial charge < -0.3 is 5.11 Å². The number of carboxylic acids is 1. The fourth-order valence-electron chi connectivity index (χ4n) is 1.40. The zero-order valence-corrected chi connectivity index (χ0v) is 8.26. The van der Waals surface area contributed by atoms with Gasteiger partial charge in [-0.05, 0) is 0 Å². The zero-order chi connectivity index (χ0) is 11.7. The number of hydrogen-bond acceptors (Lipinski definition) is 4. The summed E-state index contributed by atoms with van der Waals surface area (Å²) in [6, 6.07) is -2.15. The maximum atomic E-state index is 11.5. The number of carbonyl (C=O) groups is 4. The molecule has 4 amide bonds. The largest absolute Gasteiger partial charge is 0.480 e. The number of urea groups is 1. The van der Waals surface area contributed by atoms with E-state index in [1.807, 2.05) is 0 Å². The molecular weight excluding hydrogens is 204 g/mol. The fraction of sp³-hybridized carbons (Fsp3) is 0.500. The summed E-state index contributed by atoms with van der Waals surface area (Å²) in [5, 5.41) is 8.77. The Kier molecular flexibility index (Phi) is 2.74. The number of carbonyl (C=O) groups excluding carboxylic acids is 3. The van der Waals surface area contributed by atoms with Crippen LogP contribution in [0.1, 0.15) is 13.8 Å². The van der Waals surface area contributed by atoms with Crippen LogP contribution in [0.25, 0.3) is 0 Å². The molecule has 1 unspecified atom stereocenters. The molecule has 0 aromatic rings.